The third-order valence-corrected chi connectivity index (χ3v) is 0.648. The zero-order valence-electron chi connectivity index (χ0n) is 5.94. The van der Waals surface area contributed by atoms with Crippen molar-refractivity contribution in [3.05, 3.63) is 0 Å². The maximum absolute atomic E-state index is 11.2. The van der Waals surface area contributed by atoms with E-state index in [1.165, 1.54) is 0 Å². The SMILES string of the molecule is O=C(OC(=O)C(F)(F)F)C(F)(F)F.[N]. The second kappa shape index (κ2) is 4.26. The highest BCUT2D eigenvalue weighted by atomic mass is 19.4. The topological polar surface area (TPSA) is 73.9 Å². The normalized spacial score (nSPS) is 11.6. The molecule has 0 aromatic rings. The number of carbonyl (C=O) groups is 2. The lowest BCUT2D eigenvalue weighted by Gasteiger charge is -2.06. The van der Waals surface area contributed by atoms with Gasteiger partial charge in [-0.05, 0) is 0 Å². The number of ether oxygens (including phenoxy) is 1. The third kappa shape index (κ3) is 4.64. The van der Waals surface area contributed by atoms with E-state index in [1.807, 2.05) is 0 Å². The molecule has 81 valence electrons. The molecule has 0 fully saturated rings. The molecule has 3 radical (unpaired) electrons. The van der Waals surface area contributed by atoms with Crippen molar-refractivity contribution < 1.29 is 40.7 Å². The van der Waals surface area contributed by atoms with Crippen molar-refractivity contribution >= 4 is 11.9 Å². The van der Waals surface area contributed by atoms with Crippen LogP contribution in [0, 0.1) is 0 Å². The molecule has 10 heteroatoms. The van der Waals surface area contributed by atoms with Crippen molar-refractivity contribution in [3.63, 3.8) is 0 Å². The Morgan fingerprint density at radius 2 is 1.00 bits per heavy atom. The summed E-state index contributed by atoms with van der Waals surface area (Å²) in [5, 5.41) is 0. The fraction of sp³-hybridized carbons (Fsp3) is 0.500. The van der Waals surface area contributed by atoms with Gasteiger partial charge in [-0.15, -0.1) is 0 Å². The van der Waals surface area contributed by atoms with Crippen LogP contribution in [0.2, 0.25) is 0 Å². The van der Waals surface area contributed by atoms with Gasteiger partial charge >= 0.3 is 24.3 Å². The van der Waals surface area contributed by atoms with Gasteiger partial charge in [-0.25, -0.2) is 9.59 Å². The fourth-order valence-electron chi connectivity index (χ4n) is 0.200. The minimum Gasteiger partial charge on any atom is -0.380 e. The number of rotatable bonds is 0. The molecule has 0 bridgehead atoms. The second-order valence-corrected chi connectivity index (χ2v) is 1.67. The van der Waals surface area contributed by atoms with Crippen molar-refractivity contribution in [3.8, 4) is 0 Å². The van der Waals surface area contributed by atoms with Crippen LogP contribution in [0.4, 0.5) is 26.3 Å². The van der Waals surface area contributed by atoms with Crippen LogP contribution >= 0.6 is 0 Å². The predicted molar refractivity (Wildman–Crippen MR) is 25.3 cm³/mol. The zero-order chi connectivity index (χ0) is 10.9. The van der Waals surface area contributed by atoms with Gasteiger partial charge in [-0.2, -0.15) is 26.3 Å². The van der Waals surface area contributed by atoms with Gasteiger partial charge in [0.15, 0.2) is 0 Å². The van der Waals surface area contributed by atoms with Gasteiger partial charge in [0.25, 0.3) is 0 Å². The van der Waals surface area contributed by atoms with E-state index >= 15 is 0 Å². The Labute approximate surface area is 72.4 Å². The molecule has 0 heterocycles. The number of hydrogen-bond acceptors (Lipinski definition) is 3. The maximum atomic E-state index is 11.2. The molecule has 14 heavy (non-hydrogen) atoms. The van der Waals surface area contributed by atoms with Crippen LogP contribution in [-0.2, 0) is 14.3 Å². The summed E-state index contributed by atoms with van der Waals surface area (Å²) in [6.07, 6.45) is -11.2. The van der Waals surface area contributed by atoms with E-state index < -0.39 is 24.3 Å². The van der Waals surface area contributed by atoms with Gasteiger partial charge in [-0.1, -0.05) is 0 Å². The van der Waals surface area contributed by atoms with E-state index in [9.17, 15) is 35.9 Å². The molecular weight excluding hydrogens is 224 g/mol. The maximum Gasteiger partial charge on any atom is 0.491 e. The molecule has 0 saturated carbocycles. The molecule has 0 unspecified atom stereocenters. The Kier molecular flexibility index (Phi) is 4.62. The van der Waals surface area contributed by atoms with Gasteiger partial charge in [0, 0.05) is 6.15 Å². The summed E-state index contributed by atoms with van der Waals surface area (Å²) in [6.45, 7) is 0. The molecule has 0 amide bonds. The van der Waals surface area contributed by atoms with E-state index in [0.717, 1.165) is 0 Å². The van der Waals surface area contributed by atoms with E-state index in [4.69, 9.17) is 0 Å². The molecule has 0 N–H and O–H groups in total. The number of halogens is 6. The Hall–Kier alpha value is -1.32. The summed E-state index contributed by atoms with van der Waals surface area (Å²) in [6, 6.07) is 0. The molecule has 0 aliphatic rings. The Balaban J connectivity index is 0. The van der Waals surface area contributed by atoms with Gasteiger partial charge in [0.1, 0.15) is 0 Å². The standard InChI is InChI=1S/C4F6O3.N/c5-3(6,7)1(11)13-2(12)4(8,9)10;. The summed E-state index contributed by atoms with van der Waals surface area (Å²) < 4.78 is 69.7. The summed E-state index contributed by atoms with van der Waals surface area (Å²) in [5.74, 6) is -6.40. The molecule has 4 nitrogen and oxygen atoms in total. The lowest BCUT2D eigenvalue weighted by molar-refractivity contribution is -0.221. The minimum absolute atomic E-state index is 0. The highest BCUT2D eigenvalue weighted by Crippen LogP contribution is 2.21. The summed E-state index contributed by atoms with van der Waals surface area (Å²) in [7, 11) is 0. The number of esters is 2. The Morgan fingerprint density at radius 1 is 0.786 bits per heavy atom. The lowest BCUT2D eigenvalue weighted by atomic mass is 10.6. The molecule has 0 aromatic heterocycles. The van der Waals surface area contributed by atoms with Crippen molar-refractivity contribution in [1.82, 2.24) is 6.15 Å². The van der Waals surface area contributed by atoms with E-state index in [2.05, 4.69) is 4.74 Å². The Bertz CT molecular complexity index is 206. The van der Waals surface area contributed by atoms with Gasteiger partial charge in [0.2, 0.25) is 0 Å². The summed E-state index contributed by atoms with van der Waals surface area (Å²) in [5.41, 5.74) is 0. The third-order valence-electron chi connectivity index (χ3n) is 0.648. The van der Waals surface area contributed by atoms with E-state index in [0.29, 0.717) is 0 Å². The van der Waals surface area contributed by atoms with Gasteiger partial charge in [0.05, 0.1) is 0 Å². The first-order chi connectivity index (χ1) is 5.55. The smallest absolute Gasteiger partial charge is 0.380 e. The number of alkyl halides is 6. The first-order valence-corrected chi connectivity index (χ1v) is 2.45. The zero-order valence-corrected chi connectivity index (χ0v) is 5.94. The highest BCUT2D eigenvalue weighted by molar-refractivity contribution is 5.90. The molecule has 0 atom stereocenters. The van der Waals surface area contributed by atoms with Crippen LogP contribution in [0.1, 0.15) is 0 Å². The molecule has 0 aromatic carbocycles. The van der Waals surface area contributed by atoms with Crippen molar-refractivity contribution in [2.24, 2.45) is 0 Å². The summed E-state index contributed by atoms with van der Waals surface area (Å²) >= 11 is 0. The van der Waals surface area contributed by atoms with E-state index in [-0.39, 0.29) is 6.15 Å². The highest BCUT2D eigenvalue weighted by Gasteiger charge is 2.49. The fourth-order valence-corrected chi connectivity index (χ4v) is 0.200. The van der Waals surface area contributed by atoms with Crippen molar-refractivity contribution in [2.75, 3.05) is 0 Å². The van der Waals surface area contributed by atoms with Gasteiger partial charge in [-0.3, -0.25) is 0 Å². The average molecular weight is 224 g/mol. The number of carbonyl (C=O) groups excluding carboxylic acids is 2. The molecule has 0 aliphatic heterocycles. The van der Waals surface area contributed by atoms with Crippen LogP contribution < -0.4 is 6.15 Å². The molecule has 0 aliphatic carbocycles. The van der Waals surface area contributed by atoms with Crippen LogP contribution in [0.15, 0.2) is 0 Å². The van der Waals surface area contributed by atoms with Crippen LogP contribution in [0.5, 0.6) is 0 Å². The molecule has 0 spiro atoms. The molecule has 0 saturated heterocycles. The lowest BCUT2D eigenvalue weighted by Crippen LogP contribution is -2.34. The van der Waals surface area contributed by atoms with Crippen LogP contribution in [-0.4, -0.2) is 24.3 Å². The monoisotopic (exact) mass is 224 g/mol. The quantitative estimate of drug-likeness (QED) is 0.345. The largest absolute Gasteiger partial charge is 0.491 e. The predicted octanol–water partition coefficient (Wildman–Crippen LogP) is 0.700. The summed E-state index contributed by atoms with van der Waals surface area (Å²) in [4.78, 5) is 19.3. The minimum atomic E-state index is -5.62. The first-order valence-electron chi connectivity index (χ1n) is 2.45. The van der Waals surface area contributed by atoms with Crippen molar-refractivity contribution in [1.29, 1.82) is 0 Å². The second-order valence-electron chi connectivity index (χ2n) is 1.67. The molecular formula is C4F6NO3. The van der Waals surface area contributed by atoms with Gasteiger partial charge < -0.3 is 4.74 Å². The molecule has 0 rings (SSSR count). The number of hydrogen-bond donors (Lipinski definition) is 0. The van der Waals surface area contributed by atoms with Crippen LogP contribution in [0.3, 0.4) is 0 Å². The number of nitrogens with zero attached hydrogens (tertiary/aromatic N) is 1. The first kappa shape index (κ1) is 15.2. The van der Waals surface area contributed by atoms with Crippen molar-refractivity contribution in [2.45, 2.75) is 12.4 Å². The van der Waals surface area contributed by atoms with E-state index in [1.54, 1.807) is 0 Å². The average Bonchev–Trinajstić information content (AvgIpc) is 1.82. The van der Waals surface area contributed by atoms with Crippen LogP contribution in [0.25, 0.3) is 0 Å². The Morgan fingerprint density at radius 3 is 1.14 bits per heavy atom.